The van der Waals surface area contributed by atoms with Crippen molar-refractivity contribution in [3.63, 3.8) is 0 Å². The van der Waals surface area contributed by atoms with Crippen LogP contribution in [0, 0.1) is 11.3 Å². The van der Waals surface area contributed by atoms with E-state index in [0.29, 0.717) is 0 Å². The quantitative estimate of drug-likeness (QED) is 0.537. The third-order valence-corrected chi connectivity index (χ3v) is 2.89. The summed E-state index contributed by atoms with van der Waals surface area (Å²) in [5.41, 5.74) is -0.361. The van der Waals surface area contributed by atoms with E-state index in [9.17, 15) is 14.4 Å². The lowest BCUT2D eigenvalue weighted by Gasteiger charge is -2.32. The Morgan fingerprint density at radius 2 is 1.59 bits per heavy atom. The second-order valence-electron chi connectivity index (χ2n) is 5.09. The number of rotatable bonds is 4. The molecule has 0 spiro atoms. The zero-order valence-corrected chi connectivity index (χ0v) is 10.6. The highest BCUT2D eigenvalue weighted by Crippen LogP contribution is 2.34. The normalized spacial score (nSPS) is 21.0. The number of hydrogen-bond acceptors (Lipinski definition) is 5. The molecule has 0 aromatic heterocycles. The molecule has 0 atom stereocenters. The minimum Gasteiger partial charge on any atom is -0.349 e. The van der Waals surface area contributed by atoms with Crippen LogP contribution in [0.1, 0.15) is 26.7 Å². The molecule has 0 aliphatic heterocycles. The molecule has 0 amide bonds. The predicted octanol–water partition coefficient (Wildman–Crippen LogP) is 0.749. The third kappa shape index (κ3) is 2.98. The van der Waals surface area contributed by atoms with Gasteiger partial charge < -0.3 is 9.47 Å². The maximum atomic E-state index is 11.9. The summed E-state index contributed by atoms with van der Waals surface area (Å²) in [6.45, 7) is 3.68. The first kappa shape index (κ1) is 14.0. The molecular weight excluding hydrogens is 224 g/mol. The number of carbonyl (C=O) groups excluding carboxylic acids is 3. The van der Waals surface area contributed by atoms with Crippen molar-refractivity contribution < 1.29 is 23.9 Å². The average molecular weight is 242 g/mol. The summed E-state index contributed by atoms with van der Waals surface area (Å²) in [5, 5.41) is 0. The van der Waals surface area contributed by atoms with E-state index in [0.717, 1.165) is 0 Å². The summed E-state index contributed by atoms with van der Waals surface area (Å²) in [6.07, 6.45) is -0.681. The van der Waals surface area contributed by atoms with Crippen LogP contribution < -0.4 is 0 Å². The van der Waals surface area contributed by atoms with Crippen LogP contribution in [0.3, 0.4) is 0 Å². The molecule has 5 heteroatoms. The first-order valence-electron chi connectivity index (χ1n) is 5.47. The summed E-state index contributed by atoms with van der Waals surface area (Å²) >= 11 is 0. The Morgan fingerprint density at radius 3 is 1.94 bits per heavy atom. The molecule has 0 N–H and O–H groups in total. The van der Waals surface area contributed by atoms with Gasteiger partial charge in [-0.15, -0.1) is 0 Å². The van der Waals surface area contributed by atoms with Crippen LogP contribution in [0.15, 0.2) is 0 Å². The summed E-state index contributed by atoms with van der Waals surface area (Å²) in [5.74, 6) is -2.49. The summed E-state index contributed by atoms with van der Waals surface area (Å²) in [6, 6.07) is 0. The van der Waals surface area contributed by atoms with Crippen LogP contribution in [0.4, 0.5) is 0 Å². The topological polar surface area (TPSA) is 69.7 Å². The molecule has 1 fully saturated rings. The van der Waals surface area contributed by atoms with Gasteiger partial charge in [0.05, 0.1) is 0 Å². The van der Waals surface area contributed by atoms with Gasteiger partial charge in [-0.3, -0.25) is 14.4 Å². The van der Waals surface area contributed by atoms with Crippen molar-refractivity contribution in [1.29, 1.82) is 0 Å². The molecule has 0 saturated heterocycles. The van der Waals surface area contributed by atoms with Gasteiger partial charge in [0.2, 0.25) is 12.1 Å². The molecule has 0 radical (unpaired) electrons. The minimum atomic E-state index is -1.21. The van der Waals surface area contributed by atoms with Crippen molar-refractivity contribution in [3.05, 3.63) is 0 Å². The van der Waals surface area contributed by atoms with Gasteiger partial charge in [0, 0.05) is 27.1 Å². The Balaban J connectivity index is 2.88. The average Bonchev–Trinajstić information content (AvgIpc) is 2.16. The molecule has 0 aromatic carbocycles. The van der Waals surface area contributed by atoms with Gasteiger partial charge in [0.15, 0.2) is 11.6 Å². The lowest BCUT2D eigenvalue weighted by Crippen LogP contribution is -2.46. The summed E-state index contributed by atoms with van der Waals surface area (Å²) < 4.78 is 9.57. The fourth-order valence-corrected chi connectivity index (χ4v) is 2.17. The highest BCUT2D eigenvalue weighted by atomic mass is 16.7. The molecule has 1 aliphatic carbocycles. The zero-order valence-electron chi connectivity index (χ0n) is 10.6. The van der Waals surface area contributed by atoms with E-state index in [1.54, 1.807) is 0 Å². The van der Waals surface area contributed by atoms with Gasteiger partial charge >= 0.3 is 0 Å². The SMILES string of the molecule is COC(OC)C(=O)C1C(=O)CC(C)(C)CC1=O. The van der Waals surface area contributed by atoms with E-state index in [1.807, 2.05) is 13.8 Å². The second kappa shape index (κ2) is 5.06. The van der Waals surface area contributed by atoms with E-state index < -0.39 is 18.0 Å². The van der Waals surface area contributed by atoms with Gasteiger partial charge in [-0.05, 0) is 5.41 Å². The van der Waals surface area contributed by atoms with E-state index in [4.69, 9.17) is 9.47 Å². The standard InChI is InChI=1S/C12H18O5/c1-12(2)5-7(13)9(8(14)6-12)10(15)11(16-3)17-4/h9,11H,5-6H2,1-4H3. The molecule has 17 heavy (non-hydrogen) atoms. The van der Waals surface area contributed by atoms with E-state index in [-0.39, 0.29) is 29.8 Å². The summed E-state index contributed by atoms with van der Waals surface area (Å²) in [4.78, 5) is 35.6. The highest BCUT2D eigenvalue weighted by Gasteiger charge is 2.45. The second-order valence-corrected chi connectivity index (χ2v) is 5.09. The maximum Gasteiger partial charge on any atom is 0.218 e. The number of Topliss-reactive ketones (excluding diaryl/α,β-unsaturated/α-hetero) is 3. The predicted molar refractivity (Wildman–Crippen MR) is 59.3 cm³/mol. The lowest BCUT2D eigenvalue weighted by molar-refractivity contribution is -0.166. The zero-order chi connectivity index (χ0) is 13.2. The number of hydrogen-bond donors (Lipinski definition) is 0. The van der Waals surface area contributed by atoms with Crippen LogP contribution in [0.5, 0.6) is 0 Å². The van der Waals surface area contributed by atoms with Crippen molar-refractivity contribution >= 4 is 17.3 Å². The van der Waals surface area contributed by atoms with Gasteiger partial charge in [-0.2, -0.15) is 0 Å². The lowest BCUT2D eigenvalue weighted by atomic mass is 9.70. The van der Waals surface area contributed by atoms with Crippen molar-refractivity contribution in [3.8, 4) is 0 Å². The number of carbonyl (C=O) groups is 3. The van der Waals surface area contributed by atoms with Crippen LogP contribution in [-0.2, 0) is 23.9 Å². The minimum absolute atomic E-state index is 0.231. The first-order valence-corrected chi connectivity index (χ1v) is 5.47. The molecule has 0 aromatic rings. The van der Waals surface area contributed by atoms with Gasteiger partial charge in [-0.1, -0.05) is 13.8 Å². The Kier molecular flexibility index (Phi) is 4.16. The Morgan fingerprint density at radius 1 is 1.18 bits per heavy atom. The van der Waals surface area contributed by atoms with Crippen molar-refractivity contribution in [2.75, 3.05) is 14.2 Å². The van der Waals surface area contributed by atoms with Crippen molar-refractivity contribution in [2.24, 2.45) is 11.3 Å². The smallest absolute Gasteiger partial charge is 0.218 e. The largest absolute Gasteiger partial charge is 0.349 e. The molecule has 0 bridgehead atoms. The fraction of sp³-hybridized carbons (Fsp3) is 0.750. The molecule has 1 saturated carbocycles. The van der Waals surface area contributed by atoms with Gasteiger partial charge in [-0.25, -0.2) is 0 Å². The van der Waals surface area contributed by atoms with E-state index >= 15 is 0 Å². The van der Waals surface area contributed by atoms with Crippen molar-refractivity contribution in [2.45, 2.75) is 33.0 Å². The Labute approximate surface area is 100 Å². The molecule has 96 valence electrons. The Hall–Kier alpha value is -1.07. The summed E-state index contributed by atoms with van der Waals surface area (Å²) in [7, 11) is 2.60. The van der Waals surface area contributed by atoms with E-state index in [2.05, 4.69) is 0 Å². The van der Waals surface area contributed by atoms with E-state index in [1.165, 1.54) is 14.2 Å². The molecule has 1 rings (SSSR count). The molecule has 1 aliphatic rings. The van der Waals surface area contributed by atoms with Crippen molar-refractivity contribution in [1.82, 2.24) is 0 Å². The molecule has 5 nitrogen and oxygen atoms in total. The first-order chi connectivity index (χ1) is 7.82. The molecular formula is C12H18O5. The van der Waals surface area contributed by atoms with Gasteiger partial charge in [0.1, 0.15) is 5.92 Å². The monoisotopic (exact) mass is 242 g/mol. The van der Waals surface area contributed by atoms with Gasteiger partial charge in [0.25, 0.3) is 0 Å². The third-order valence-electron chi connectivity index (χ3n) is 2.89. The Bertz CT molecular complexity index is 321. The van der Waals surface area contributed by atoms with Crippen LogP contribution in [0.2, 0.25) is 0 Å². The number of ether oxygens (including phenoxy) is 2. The number of ketones is 3. The van der Waals surface area contributed by atoms with Crippen LogP contribution >= 0.6 is 0 Å². The maximum absolute atomic E-state index is 11.9. The van der Waals surface area contributed by atoms with Crippen LogP contribution in [0.25, 0.3) is 0 Å². The number of methoxy groups -OCH3 is 2. The highest BCUT2D eigenvalue weighted by molar-refractivity contribution is 6.21. The fourth-order valence-electron chi connectivity index (χ4n) is 2.17. The molecule has 0 heterocycles. The van der Waals surface area contributed by atoms with Crippen LogP contribution in [-0.4, -0.2) is 37.9 Å². The molecule has 0 unspecified atom stereocenters.